The Morgan fingerprint density at radius 1 is 1.63 bits per heavy atom. The van der Waals surface area contributed by atoms with E-state index in [1.54, 1.807) is 4.90 Å². The molecule has 1 heterocycles. The van der Waals surface area contributed by atoms with Gasteiger partial charge < -0.3 is 14.7 Å². The molecular formula is C13H16FNO3S. The molecule has 1 N–H and O–H groups in total. The van der Waals surface area contributed by atoms with E-state index in [1.165, 1.54) is 18.2 Å². The first-order chi connectivity index (χ1) is 9.02. The van der Waals surface area contributed by atoms with Crippen LogP contribution in [0.4, 0.5) is 4.39 Å². The molecule has 1 saturated heterocycles. The Labute approximate surface area is 116 Å². The van der Waals surface area contributed by atoms with Gasteiger partial charge in [0.1, 0.15) is 5.82 Å². The molecule has 19 heavy (non-hydrogen) atoms. The number of aliphatic hydroxyl groups excluding tert-OH is 1. The van der Waals surface area contributed by atoms with Crippen LogP contribution in [0, 0.1) is 5.82 Å². The second-order valence-electron chi connectivity index (χ2n) is 4.61. The van der Waals surface area contributed by atoms with E-state index in [0.717, 1.165) is 0 Å². The Hall–Kier alpha value is -1.11. The van der Waals surface area contributed by atoms with Gasteiger partial charge in [0.25, 0.3) is 5.91 Å². The zero-order chi connectivity index (χ0) is 14.0. The zero-order valence-electron chi connectivity index (χ0n) is 10.5. The summed E-state index contributed by atoms with van der Waals surface area (Å²) in [4.78, 5) is 14.1. The van der Waals surface area contributed by atoms with E-state index in [-0.39, 0.29) is 29.6 Å². The van der Waals surface area contributed by atoms with Crippen molar-refractivity contribution in [1.29, 1.82) is 0 Å². The lowest BCUT2D eigenvalue weighted by Gasteiger charge is -2.37. The van der Waals surface area contributed by atoms with Crippen molar-refractivity contribution in [2.75, 3.05) is 19.8 Å². The Morgan fingerprint density at radius 3 is 3.00 bits per heavy atom. The lowest BCUT2D eigenvalue weighted by atomic mass is 10.1. The summed E-state index contributed by atoms with van der Waals surface area (Å²) in [5, 5.41) is 9.10. The number of halogens is 1. The number of carbonyl (C=O) groups excluding carboxylic acids is 1. The third-order valence-electron chi connectivity index (χ3n) is 3.16. The number of nitrogens with zero attached hydrogens (tertiary/aromatic N) is 1. The molecule has 0 aliphatic carbocycles. The monoisotopic (exact) mass is 285 g/mol. The van der Waals surface area contributed by atoms with Gasteiger partial charge in [-0.25, -0.2) is 4.39 Å². The van der Waals surface area contributed by atoms with Gasteiger partial charge in [-0.2, -0.15) is 0 Å². The lowest BCUT2D eigenvalue weighted by molar-refractivity contribution is -0.0667. The Morgan fingerprint density at radius 2 is 2.37 bits per heavy atom. The van der Waals surface area contributed by atoms with Crippen LogP contribution in [-0.4, -0.2) is 47.8 Å². The fourth-order valence-corrected chi connectivity index (χ4v) is 2.24. The van der Waals surface area contributed by atoms with E-state index in [0.29, 0.717) is 18.7 Å². The van der Waals surface area contributed by atoms with E-state index < -0.39 is 5.82 Å². The summed E-state index contributed by atoms with van der Waals surface area (Å²) in [6, 6.07) is 4.00. The maximum absolute atomic E-state index is 13.1. The molecule has 1 aliphatic rings. The van der Waals surface area contributed by atoms with Gasteiger partial charge in [-0.3, -0.25) is 4.79 Å². The molecular weight excluding hydrogens is 269 g/mol. The molecule has 1 aromatic carbocycles. The van der Waals surface area contributed by atoms with Crippen molar-refractivity contribution in [2.45, 2.75) is 24.0 Å². The first kappa shape index (κ1) is 14.3. The van der Waals surface area contributed by atoms with Crippen LogP contribution in [0.25, 0.3) is 0 Å². The highest BCUT2D eigenvalue weighted by Gasteiger charge is 2.30. The molecule has 0 saturated carbocycles. The molecule has 0 bridgehead atoms. The molecule has 2 atom stereocenters. The van der Waals surface area contributed by atoms with Crippen LogP contribution in [0.3, 0.4) is 0 Å². The predicted molar refractivity (Wildman–Crippen MR) is 71.0 cm³/mol. The molecule has 1 aromatic rings. The van der Waals surface area contributed by atoms with Crippen molar-refractivity contribution in [1.82, 2.24) is 4.90 Å². The lowest BCUT2D eigenvalue weighted by Crippen LogP contribution is -2.52. The van der Waals surface area contributed by atoms with Crippen LogP contribution in [0.1, 0.15) is 17.3 Å². The second kappa shape index (κ2) is 5.90. The summed E-state index contributed by atoms with van der Waals surface area (Å²) in [7, 11) is 0. The summed E-state index contributed by atoms with van der Waals surface area (Å²) < 4.78 is 18.5. The van der Waals surface area contributed by atoms with Gasteiger partial charge in [0.15, 0.2) is 0 Å². The molecule has 2 unspecified atom stereocenters. The smallest absolute Gasteiger partial charge is 0.254 e. The molecule has 6 heteroatoms. The molecule has 1 fully saturated rings. The average molecular weight is 285 g/mol. The number of benzene rings is 1. The van der Waals surface area contributed by atoms with Gasteiger partial charge in [0.2, 0.25) is 0 Å². The van der Waals surface area contributed by atoms with E-state index in [1.807, 2.05) is 6.92 Å². The molecule has 4 nitrogen and oxygen atoms in total. The number of rotatable bonds is 2. The van der Waals surface area contributed by atoms with Gasteiger partial charge in [-0.1, -0.05) is 0 Å². The SMILES string of the molecule is CC1COC(CO)CN1C(=O)c1ccc(F)c(S)c1. The summed E-state index contributed by atoms with van der Waals surface area (Å²) in [5.41, 5.74) is 0.386. The maximum Gasteiger partial charge on any atom is 0.254 e. The van der Waals surface area contributed by atoms with Crippen molar-refractivity contribution in [3.05, 3.63) is 29.6 Å². The zero-order valence-corrected chi connectivity index (χ0v) is 11.4. The Balaban J connectivity index is 2.19. The van der Waals surface area contributed by atoms with Crippen LogP contribution in [-0.2, 0) is 4.74 Å². The van der Waals surface area contributed by atoms with Crippen molar-refractivity contribution in [2.24, 2.45) is 0 Å². The Kier molecular flexibility index (Phi) is 4.44. The molecule has 1 aliphatic heterocycles. The van der Waals surface area contributed by atoms with Crippen LogP contribution in [0.15, 0.2) is 23.1 Å². The first-order valence-electron chi connectivity index (χ1n) is 6.05. The molecule has 0 aromatic heterocycles. The number of carbonyl (C=O) groups is 1. The fourth-order valence-electron chi connectivity index (χ4n) is 2.02. The van der Waals surface area contributed by atoms with E-state index in [4.69, 9.17) is 9.84 Å². The van der Waals surface area contributed by atoms with Crippen molar-refractivity contribution in [3.63, 3.8) is 0 Å². The van der Waals surface area contributed by atoms with Gasteiger partial charge in [-0.15, -0.1) is 12.6 Å². The topological polar surface area (TPSA) is 49.8 Å². The fraction of sp³-hybridized carbons (Fsp3) is 0.462. The van der Waals surface area contributed by atoms with Crippen LogP contribution in [0.2, 0.25) is 0 Å². The van der Waals surface area contributed by atoms with Gasteiger partial charge in [0.05, 0.1) is 25.4 Å². The van der Waals surface area contributed by atoms with Gasteiger partial charge in [-0.05, 0) is 25.1 Å². The second-order valence-corrected chi connectivity index (χ2v) is 5.09. The highest BCUT2D eigenvalue weighted by Crippen LogP contribution is 2.19. The summed E-state index contributed by atoms with van der Waals surface area (Å²) in [5.74, 6) is -0.660. The summed E-state index contributed by atoms with van der Waals surface area (Å²) >= 11 is 3.97. The minimum atomic E-state index is -0.455. The highest BCUT2D eigenvalue weighted by molar-refractivity contribution is 7.80. The Bertz CT molecular complexity index is 483. The van der Waals surface area contributed by atoms with E-state index in [9.17, 15) is 9.18 Å². The number of aliphatic hydroxyl groups is 1. The van der Waals surface area contributed by atoms with Crippen LogP contribution in [0.5, 0.6) is 0 Å². The van der Waals surface area contributed by atoms with Crippen molar-refractivity contribution in [3.8, 4) is 0 Å². The van der Waals surface area contributed by atoms with Crippen molar-refractivity contribution >= 4 is 18.5 Å². The molecule has 0 radical (unpaired) electrons. The molecule has 2 rings (SSSR count). The molecule has 0 spiro atoms. The third-order valence-corrected chi connectivity index (χ3v) is 3.51. The number of hydrogen-bond acceptors (Lipinski definition) is 4. The largest absolute Gasteiger partial charge is 0.394 e. The van der Waals surface area contributed by atoms with Crippen LogP contribution < -0.4 is 0 Å². The number of amides is 1. The van der Waals surface area contributed by atoms with Gasteiger partial charge in [0, 0.05) is 17.0 Å². The summed E-state index contributed by atoms with van der Waals surface area (Å²) in [6.07, 6.45) is -0.365. The number of morpholine rings is 1. The average Bonchev–Trinajstić information content (AvgIpc) is 2.41. The predicted octanol–water partition coefficient (Wildman–Crippen LogP) is 1.34. The first-order valence-corrected chi connectivity index (χ1v) is 6.49. The number of hydrogen-bond donors (Lipinski definition) is 2. The molecule has 1 amide bonds. The number of thiol groups is 1. The van der Waals surface area contributed by atoms with Gasteiger partial charge >= 0.3 is 0 Å². The van der Waals surface area contributed by atoms with E-state index in [2.05, 4.69) is 12.6 Å². The molecule has 104 valence electrons. The minimum absolute atomic E-state index is 0.0799. The standard InChI is InChI=1S/C13H16FNO3S/c1-8-7-18-10(6-16)5-15(8)13(17)9-2-3-11(14)12(19)4-9/h2-4,8,10,16,19H,5-7H2,1H3. The third kappa shape index (κ3) is 3.08. The quantitative estimate of drug-likeness (QED) is 0.806. The van der Waals surface area contributed by atoms with E-state index >= 15 is 0 Å². The maximum atomic E-state index is 13.1. The highest BCUT2D eigenvalue weighted by atomic mass is 32.1. The normalized spacial score (nSPS) is 23.5. The van der Waals surface area contributed by atoms with Crippen molar-refractivity contribution < 1.29 is 19.0 Å². The van der Waals surface area contributed by atoms with Crippen LogP contribution >= 0.6 is 12.6 Å². The summed E-state index contributed by atoms with van der Waals surface area (Å²) in [6.45, 7) is 2.45. The minimum Gasteiger partial charge on any atom is -0.394 e. The number of ether oxygens (including phenoxy) is 1.